The number of ether oxygens (including phenoxy) is 2. The first kappa shape index (κ1) is 23.2. The topological polar surface area (TPSA) is 78.3 Å². The molecule has 0 saturated heterocycles. The van der Waals surface area contributed by atoms with Crippen molar-refractivity contribution in [2.24, 2.45) is 0 Å². The van der Waals surface area contributed by atoms with Crippen LogP contribution >= 0.6 is 35.0 Å². The summed E-state index contributed by atoms with van der Waals surface area (Å²) in [5.74, 6) is 1.84. The summed E-state index contributed by atoms with van der Waals surface area (Å²) < 4.78 is 13.3. The molecule has 10 heteroatoms. The summed E-state index contributed by atoms with van der Waals surface area (Å²) >= 11 is 13.4. The fourth-order valence-corrected chi connectivity index (χ4v) is 4.04. The number of carbonyl (C=O) groups excluding carboxylic acids is 1. The van der Waals surface area contributed by atoms with E-state index < -0.39 is 0 Å². The Kier molecular flexibility index (Phi) is 8.06. The Labute approximate surface area is 195 Å². The lowest BCUT2D eigenvalue weighted by molar-refractivity contribution is -0.113. The van der Waals surface area contributed by atoms with Crippen LogP contribution in [-0.4, -0.2) is 33.5 Å². The number of methoxy groups -OCH3 is 1. The average molecular weight is 481 g/mol. The quantitative estimate of drug-likeness (QED) is 0.408. The Morgan fingerprint density at radius 3 is 2.61 bits per heavy atom. The Bertz CT molecular complexity index is 1060. The van der Waals surface area contributed by atoms with Gasteiger partial charge < -0.3 is 19.4 Å². The van der Waals surface area contributed by atoms with E-state index in [1.807, 2.05) is 42.7 Å². The Hall–Kier alpha value is -2.42. The molecule has 1 unspecified atom stereocenters. The van der Waals surface area contributed by atoms with E-state index in [1.54, 1.807) is 25.3 Å². The van der Waals surface area contributed by atoms with Crippen molar-refractivity contribution in [1.82, 2.24) is 14.8 Å². The van der Waals surface area contributed by atoms with Crippen LogP contribution in [0.3, 0.4) is 0 Å². The van der Waals surface area contributed by atoms with Gasteiger partial charge >= 0.3 is 0 Å². The van der Waals surface area contributed by atoms with Gasteiger partial charge in [0, 0.05) is 6.54 Å². The number of benzene rings is 2. The van der Waals surface area contributed by atoms with E-state index in [2.05, 4.69) is 15.5 Å². The van der Waals surface area contributed by atoms with Gasteiger partial charge in [0.1, 0.15) is 0 Å². The lowest BCUT2D eigenvalue weighted by Crippen LogP contribution is -2.15. The fourth-order valence-electron chi connectivity index (χ4n) is 2.88. The molecule has 2 aromatic carbocycles. The van der Waals surface area contributed by atoms with Gasteiger partial charge in [0.05, 0.1) is 28.6 Å². The van der Waals surface area contributed by atoms with Crippen LogP contribution in [0.5, 0.6) is 11.5 Å². The van der Waals surface area contributed by atoms with Crippen molar-refractivity contribution in [2.75, 3.05) is 18.2 Å². The Balaban J connectivity index is 1.67. The minimum Gasteiger partial charge on any atom is -0.493 e. The lowest BCUT2D eigenvalue weighted by Gasteiger charge is -2.17. The predicted octanol–water partition coefficient (Wildman–Crippen LogP) is 5.48. The summed E-state index contributed by atoms with van der Waals surface area (Å²) in [5.41, 5.74) is 0.469. The third kappa shape index (κ3) is 5.64. The molecule has 1 heterocycles. The number of carbonyl (C=O) groups is 1. The zero-order valence-corrected chi connectivity index (χ0v) is 19.6. The number of para-hydroxylation sites is 2. The number of anilines is 1. The lowest BCUT2D eigenvalue weighted by atomic mass is 10.3. The second-order valence-electron chi connectivity index (χ2n) is 6.43. The number of nitrogens with one attached hydrogen (secondary N) is 1. The van der Waals surface area contributed by atoms with Crippen LogP contribution < -0.4 is 14.8 Å². The van der Waals surface area contributed by atoms with Gasteiger partial charge in [-0.3, -0.25) is 4.79 Å². The summed E-state index contributed by atoms with van der Waals surface area (Å²) in [7, 11) is 1.60. The summed E-state index contributed by atoms with van der Waals surface area (Å²) in [5, 5.41) is 12.6. The van der Waals surface area contributed by atoms with Gasteiger partial charge in [-0.05, 0) is 38.1 Å². The standard InChI is InChI=1S/C21H22Cl2N4O3S/c1-4-27-20(13(2)30-17-11-6-5-10-16(17)29-3)25-26-21(27)31-12-18(28)24-15-9-7-8-14(22)19(15)23/h5-11,13H,4,12H2,1-3H3,(H,24,28). The van der Waals surface area contributed by atoms with Crippen molar-refractivity contribution in [1.29, 1.82) is 0 Å². The molecular formula is C21H22Cl2N4O3S. The third-order valence-electron chi connectivity index (χ3n) is 4.36. The minimum atomic E-state index is -0.364. The first-order valence-electron chi connectivity index (χ1n) is 9.54. The van der Waals surface area contributed by atoms with Crippen molar-refractivity contribution < 1.29 is 14.3 Å². The number of rotatable bonds is 9. The molecule has 3 aromatic rings. The van der Waals surface area contributed by atoms with Gasteiger partial charge in [0.15, 0.2) is 28.6 Å². The molecule has 0 aliphatic carbocycles. The zero-order valence-electron chi connectivity index (χ0n) is 17.3. The molecule has 0 saturated carbocycles. The zero-order chi connectivity index (χ0) is 22.4. The predicted molar refractivity (Wildman–Crippen MR) is 124 cm³/mol. The molecule has 0 fully saturated rings. The van der Waals surface area contributed by atoms with Gasteiger partial charge in [-0.15, -0.1) is 10.2 Å². The number of aromatic nitrogens is 3. The highest BCUT2D eigenvalue weighted by Gasteiger charge is 2.20. The molecule has 3 rings (SSSR count). The van der Waals surface area contributed by atoms with Gasteiger partial charge in [0.2, 0.25) is 5.91 Å². The van der Waals surface area contributed by atoms with Crippen LogP contribution in [0.25, 0.3) is 0 Å². The van der Waals surface area contributed by atoms with E-state index >= 15 is 0 Å². The maximum absolute atomic E-state index is 12.4. The summed E-state index contributed by atoms with van der Waals surface area (Å²) in [4.78, 5) is 12.4. The molecule has 0 bridgehead atoms. The molecule has 1 atom stereocenters. The van der Waals surface area contributed by atoms with E-state index in [0.29, 0.717) is 44.8 Å². The molecule has 31 heavy (non-hydrogen) atoms. The number of halogens is 2. The van der Waals surface area contributed by atoms with E-state index in [0.717, 1.165) is 0 Å². The van der Waals surface area contributed by atoms with Crippen LogP contribution in [0.4, 0.5) is 5.69 Å². The molecule has 0 radical (unpaired) electrons. The van der Waals surface area contributed by atoms with Gasteiger partial charge in [-0.25, -0.2) is 0 Å². The Morgan fingerprint density at radius 1 is 1.16 bits per heavy atom. The molecule has 7 nitrogen and oxygen atoms in total. The highest BCUT2D eigenvalue weighted by molar-refractivity contribution is 7.99. The molecule has 0 aliphatic rings. The van der Waals surface area contributed by atoms with Crippen LogP contribution in [0.2, 0.25) is 10.0 Å². The summed E-state index contributed by atoms with van der Waals surface area (Å²) in [6.45, 7) is 4.51. The molecule has 1 aromatic heterocycles. The number of hydrogen-bond donors (Lipinski definition) is 1. The van der Waals surface area contributed by atoms with Crippen molar-refractivity contribution in [3.05, 3.63) is 58.3 Å². The van der Waals surface area contributed by atoms with Crippen LogP contribution in [0, 0.1) is 0 Å². The largest absolute Gasteiger partial charge is 0.493 e. The highest BCUT2D eigenvalue weighted by Crippen LogP contribution is 2.32. The SMILES string of the molecule is CCn1c(SCC(=O)Nc2cccc(Cl)c2Cl)nnc1C(C)Oc1ccccc1OC. The Morgan fingerprint density at radius 2 is 1.90 bits per heavy atom. The van der Waals surface area contributed by atoms with E-state index in [9.17, 15) is 4.79 Å². The van der Waals surface area contributed by atoms with Crippen molar-refractivity contribution in [2.45, 2.75) is 31.7 Å². The van der Waals surface area contributed by atoms with Crippen LogP contribution in [-0.2, 0) is 11.3 Å². The van der Waals surface area contributed by atoms with Crippen LogP contribution in [0.1, 0.15) is 25.8 Å². The molecule has 164 valence electrons. The first-order chi connectivity index (χ1) is 14.9. The fraction of sp³-hybridized carbons (Fsp3) is 0.286. The van der Waals surface area contributed by atoms with Crippen molar-refractivity contribution >= 4 is 46.6 Å². The first-order valence-corrected chi connectivity index (χ1v) is 11.3. The van der Waals surface area contributed by atoms with Gasteiger partial charge in [-0.2, -0.15) is 0 Å². The molecule has 0 aliphatic heterocycles. The second-order valence-corrected chi connectivity index (χ2v) is 8.16. The van der Waals surface area contributed by atoms with E-state index in [1.165, 1.54) is 11.8 Å². The third-order valence-corrected chi connectivity index (χ3v) is 6.14. The summed E-state index contributed by atoms with van der Waals surface area (Å²) in [6, 6.07) is 12.5. The monoisotopic (exact) mass is 480 g/mol. The van der Waals surface area contributed by atoms with Crippen LogP contribution in [0.15, 0.2) is 47.6 Å². The number of hydrogen-bond acceptors (Lipinski definition) is 6. The number of thioether (sulfide) groups is 1. The highest BCUT2D eigenvalue weighted by atomic mass is 35.5. The van der Waals surface area contributed by atoms with Gasteiger partial charge in [0.25, 0.3) is 0 Å². The molecular weight excluding hydrogens is 459 g/mol. The smallest absolute Gasteiger partial charge is 0.234 e. The molecule has 0 spiro atoms. The maximum Gasteiger partial charge on any atom is 0.234 e. The second kappa shape index (κ2) is 10.7. The molecule has 1 amide bonds. The molecule has 1 N–H and O–H groups in total. The van der Waals surface area contributed by atoms with Crippen molar-refractivity contribution in [3.63, 3.8) is 0 Å². The van der Waals surface area contributed by atoms with E-state index in [-0.39, 0.29) is 17.8 Å². The normalized spacial score (nSPS) is 11.8. The minimum absolute atomic E-state index is 0.142. The van der Waals surface area contributed by atoms with Gasteiger partial charge in [-0.1, -0.05) is 53.2 Å². The number of amides is 1. The maximum atomic E-state index is 12.4. The number of nitrogens with zero attached hydrogens (tertiary/aromatic N) is 3. The van der Waals surface area contributed by atoms with Crippen molar-refractivity contribution in [3.8, 4) is 11.5 Å². The van der Waals surface area contributed by atoms with E-state index in [4.69, 9.17) is 32.7 Å². The summed E-state index contributed by atoms with van der Waals surface area (Å²) in [6.07, 6.45) is -0.364. The average Bonchev–Trinajstić information content (AvgIpc) is 3.19.